The smallest absolute Gasteiger partial charge is 0.317 e. The second-order valence-electron chi connectivity index (χ2n) is 11.0. The molecular weight excluding hydrogens is 474 g/mol. The van der Waals surface area contributed by atoms with Crippen LogP contribution in [0.15, 0.2) is 54.9 Å². The zero-order chi connectivity index (χ0) is 25.8. The van der Waals surface area contributed by atoms with Gasteiger partial charge in [0.2, 0.25) is 0 Å². The number of aromatic nitrogens is 4. The maximum atomic E-state index is 12.8. The third kappa shape index (κ3) is 3.81. The van der Waals surface area contributed by atoms with Crippen molar-refractivity contribution in [3.8, 4) is 22.4 Å². The van der Waals surface area contributed by atoms with Crippen molar-refractivity contribution in [1.82, 2.24) is 29.8 Å². The molecule has 5 heterocycles. The molecule has 1 unspecified atom stereocenters. The molecule has 1 aliphatic carbocycles. The van der Waals surface area contributed by atoms with Crippen molar-refractivity contribution in [2.75, 3.05) is 12.3 Å². The number of hydrogen-bond acceptors (Lipinski definition) is 5. The van der Waals surface area contributed by atoms with Gasteiger partial charge in [0.15, 0.2) is 5.65 Å². The number of nitrogens with two attached hydrogens (primary N) is 1. The summed E-state index contributed by atoms with van der Waals surface area (Å²) in [6.07, 6.45) is 10.1. The number of nitrogens with zero attached hydrogens (tertiary/aromatic N) is 5. The van der Waals surface area contributed by atoms with Gasteiger partial charge in [-0.2, -0.15) is 9.61 Å². The van der Waals surface area contributed by atoms with Crippen molar-refractivity contribution in [2.45, 2.75) is 69.4 Å². The lowest BCUT2D eigenvalue weighted by Crippen LogP contribution is -2.50. The molecule has 8 heteroatoms. The fraction of sp³-hybridized carbons (Fsp3) is 0.400. The molecule has 2 bridgehead atoms. The summed E-state index contributed by atoms with van der Waals surface area (Å²) in [6, 6.07) is 14.9. The standard InChI is InChI=1S/C30H33N7O/c1-2-32-30(38)36-22-11-12-23(36)15-21(14-22)27-26(19-8-9-19)28(31)37-29(35-27)24(17-34-37)20-10-13-25(33-16-20)18-6-4-3-5-7-18/h3-7,10,13,16-17,19,21-23H,2,8-9,11-12,14-15,31H2,1H3,(H,32,38)/t21?,22-,23+. The number of nitrogens with one attached hydrogen (secondary N) is 1. The average Bonchev–Trinajstić information content (AvgIpc) is 3.63. The van der Waals surface area contributed by atoms with Gasteiger partial charge in [-0.05, 0) is 57.4 Å². The van der Waals surface area contributed by atoms with Gasteiger partial charge in [-0.15, -0.1) is 0 Å². The van der Waals surface area contributed by atoms with E-state index in [9.17, 15) is 4.79 Å². The molecule has 3 N–H and O–H groups in total. The summed E-state index contributed by atoms with van der Waals surface area (Å²) < 4.78 is 1.82. The molecule has 194 valence electrons. The van der Waals surface area contributed by atoms with E-state index in [1.807, 2.05) is 48.1 Å². The molecule has 2 amide bonds. The van der Waals surface area contributed by atoms with Crippen LogP contribution in [0.2, 0.25) is 0 Å². The molecule has 3 aliphatic rings. The summed E-state index contributed by atoms with van der Waals surface area (Å²) in [6.45, 7) is 2.63. The number of benzene rings is 1. The number of fused-ring (bicyclic) bond motifs is 3. The number of hydrogen-bond donors (Lipinski definition) is 2. The number of rotatable bonds is 5. The molecule has 8 nitrogen and oxygen atoms in total. The Kier molecular flexibility index (Phi) is 5.56. The molecule has 3 aromatic heterocycles. The fourth-order valence-electron chi connectivity index (χ4n) is 6.66. The number of anilines is 1. The normalized spacial score (nSPS) is 22.7. The van der Waals surface area contributed by atoms with Crippen LogP contribution in [-0.2, 0) is 0 Å². The van der Waals surface area contributed by atoms with Crippen molar-refractivity contribution in [2.24, 2.45) is 0 Å². The summed E-state index contributed by atoms with van der Waals surface area (Å²) in [5.74, 6) is 1.47. The highest BCUT2D eigenvalue weighted by atomic mass is 16.2. The van der Waals surface area contributed by atoms with E-state index in [4.69, 9.17) is 15.7 Å². The minimum atomic E-state index is 0.0771. The van der Waals surface area contributed by atoms with E-state index in [0.29, 0.717) is 24.2 Å². The van der Waals surface area contributed by atoms with E-state index in [1.165, 1.54) is 5.56 Å². The number of carbonyl (C=O) groups excluding carboxylic acids is 1. The highest BCUT2D eigenvalue weighted by Crippen LogP contribution is 2.50. The highest BCUT2D eigenvalue weighted by molar-refractivity contribution is 5.79. The molecule has 1 aromatic carbocycles. The molecular formula is C30H33N7O. The summed E-state index contributed by atoms with van der Waals surface area (Å²) in [5.41, 5.74) is 13.9. The average molecular weight is 508 g/mol. The lowest BCUT2D eigenvalue weighted by molar-refractivity contribution is 0.138. The molecule has 2 saturated heterocycles. The number of piperidine rings is 1. The molecule has 38 heavy (non-hydrogen) atoms. The van der Waals surface area contributed by atoms with Crippen molar-refractivity contribution in [3.05, 3.63) is 66.1 Å². The summed E-state index contributed by atoms with van der Waals surface area (Å²) in [5, 5.41) is 7.68. The number of carbonyl (C=O) groups is 1. The minimum absolute atomic E-state index is 0.0771. The molecule has 2 aliphatic heterocycles. The number of urea groups is 1. The van der Waals surface area contributed by atoms with Gasteiger partial charge in [0, 0.05) is 53.0 Å². The van der Waals surface area contributed by atoms with Crippen molar-refractivity contribution in [3.63, 3.8) is 0 Å². The van der Waals surface area contributed by atoms with Crippen molar-refractivity contribution >= 4 is 17.5 Å². The Balaban J connectivity index is 1.26. The molecule has 3 atom stereocenters. The Hall–Kier alpha value is -3.94. The zero-order valence-electron chi connectivity index (χ0n) is 21.7. The van der Waals surface area contributed by atoms with Crippen LogP contribution in [0.25, 0.3) is 28.0 Å². The molecule has 0 radical (unpaired) electrons. The Morgan fingerprint density at radius 3 is 2.39 bits per heavy atom. The largest absolute Gasteiger partial charge is 0.383 e. The molecule has 7 rings (SSSR count). The van der Waals surface area contributed by atoms with E-state index in [2.05, 4.69) is 33.5 Å². The zero-order valence-corrected chi connectivity index (χ0v) is 21.7. The van der Waals surface area contributed by atoms with Gasteiger partial charge in [-0.3, -0.25) is 4.98 Å². The maximum absolute atomic E-state index is 12.8. The molecule has 0 spiro atoms. The Morgan fingerprint density at radius 2 is 1.74 bits per heavy atom. The summed E-state index contributed by atoms with van der Waals surface area (Å²) >= 11 is 0. The SMILES string of the molecule is CCNC(=O)N1[C@@H]2CC[C@H]1CC(c1nc3c(-c4ccc(-c5ccccc5)nc4)cnn3c(N)c1C1CC1)C2. The van der Waals surface area contributed by atoms with Crippen molar-refractivity contribution in [1.29, 1.82) is 0 Å². The first-order valence-electron chi connectivity index (χ1n) is 13.9. The third-order valence-electron chi connectivity index (χ3n) is 8.56. The Morgan fingerprint density at radius 1 is 0.974 bits per heavy atom. The van der Waals surface area contributed by atoms with Gasteiger partial charge in [0.05, 0.1) is 17.6 Å². The van der Waals surface area contributed by atoms with Gasteiger partial charge in [0.25, 0.3) is 0 Å². The van der Waals surface area contributed by atoms with E-state index in [-0.39, 0.29) is 18.1 Å². The lowest BCUT2D eigenvalue weighted by Gasteiger charge is -2.39. The molecule has 3 fully saturated rings. The van der Waals surface area contributed by atoms with Crippen LogP contribution in [0.4, 0.5) is 10.6 Å². The number of pyridine rings is 1. The quantitative estimate of drug-likeness (QED) is 0.379. The van der Waals surface area contributed by atoms with Crippen LogP contribution in [0, 0.1) is 0 Å². The van der Waals surface area contributed by atoms with Crippen LogP contribution in [-0.4, -0.2) is 49.1 Å². The molecule has 1 saturated carbocycles. The van der Waals surface area contributed by atoms with Gasteiger partial charge in [-0.25, -0.2) is 9.78 Å². The second kappa shape index (κ2) is 9.11. The number of amides is 2. The maximum Gasteiger partial charge on any atom is 0.317 e. The van der Waals surface area contributed by atoms with Crippen LogP contribution in [0.5, 0.6) is 0 Å². The summed E-state index contributed by atoms with van der Waals surface area (Å²) in [4.78, 5) is 24.9. The van der Waals surface area contributed by atoms with E-state index in [1.54, 1.807) is 0 Å². The van der Waals surface area contributed by atoms with Crippen molar-refractivity contribution < 1.29 is 4.79 Å². The van der Waals surface area contributed by atoms with E-state index in [0.717, 1.165) is 72.3 Å². The topological polar surface area (TPSA) is 101 Å². The minimum Gasteiger partial charge on any atom is -0.383 e. The van der Waals surface area contributed by atoms with Crippen LogP contribution < -0.4 is 11.1 Å². The van der Waals surface area contributed by atoms with Gasteiger partial charge in [-0.1, -0.05) is 36.4 Å². The first-order chi connectivity index (χ1) is 18.6. The van der Waals surface area contributed by atoms with Gasteiger partial charge < -0.3 is 16.0 Å². The Bertz CT molecular complexity index is 1480. The highest BCUT2D eigenvalue weighted by Gasteiger charge is 2.45. The van der Waals surface area contributed by atoms with Gasteiger partial charge >= 0.3 is 6.03 Å². The van der Waals surface area contributed by atoms with Gasteiger partial charge in [0.1, 0.15) is 5.82 Å². The lowest BCUT2D eigenvalue weighted by atomic mass is 9.85. The predicted molar refractivity (Wildman–Crippen MR) is 148 cm³/mol. The Labute approximate surface area is 222 Å². The first kappa shape index (κ1) is 23.2. The third-order valence-corrected chi connectivity index (χ3v) is 8.56. The summed E-state index contributed by atoms with van der Waals surface area (Å²) in [7, 11) is 0. The fourth-order valence-corrected chi connectivity index (χ4v) is 6.66. The van der Waals surface area contributed by atoms with Crippen LogP contribution >= 0.6 is 0 Å². The monoisotopic (exact) mass is 507 g/mol. The number of nitrogen functional groups attached to an aromatic ring is 1. The second-order valence-corrected chi connectivity index (χ2v) is 11.0. The van der Waals surface area contributed by atoms with Crippen LogP contribution in [0.1, 0.15) is 68.5 Å². The predicted octanol–water partition coefficient (Wildman–Crippen LogP) is 5.36. The van der Waals surface area contributed by atoms with E-state index >= 15 is 0 Å². The van der Waals surface area contributed by atoms with E-state index < -0.39 is 0 Å². The van der Waals surface area contributed by atoms with Crippen LogP contribution in [0.3, 0.4) is 0 Å². The molecule has 4 aromatic rings. The first-order valence-corrected chi connectivity index (χ1v) is 13.9.